The van der Waals surface area contributed by atoms with Crippen molar-refractivity contribution in [2.24, 2.45) is 7.05 Å². The van der Waals surface area contributed by atoms with Crippen LogP contribution in [0.25, 0.3) is 11.1 Å². The van der Waals surface area contributed by atoms with Gasteiger partial charge >= 0.3 is 5.95 Å². The van der Waals surface area contributed by atoms with Gasteiger partial charge < -0.3 is 19.1 Å². The van der Waals surface area contributed by atoms with Crippen LogP contribution in [0.2, 0.25) is 0 Å². The summed E-state index contributed by atoms with van der Waals surface area (Å²) in [5.74, 6) is 1.19. The molecule has 0 atom stereocenters. The Morgan fingerprint density at radius 2 is 1.83 bits per heavy atom. The number of aryl methyl sites for hydroxylation is 1. The molecule has 0 aliphatic heterocycles. The van der Waals surface area contributed by atoms with E-state index in [-0.39, 0.29) is 5.56 Å². The van der Waals surface area contributed by atoms with E-state index in [4.69, 9.17) is 14.0 Å². The van der Waals surface area contributed by atoms with Gasteiger partial charge in [0.1, 0.15) is 22.8 Å². The molecule has 0 aliphatic rings. The van der Waals surface area contributed by atoms with Gasteiger partial charge in [0.2, 0.25) is 0 Å². The second-order valence-electron chi connectivity index (χ2n) is 4.85. The number of nitrogens with zero attached hydrogens (tertiary/aromatic N) is 1. The van der Waals surface area contributed by atoms with E-state index in [2.05, 4.69) is 0 Å². The minimum Gasteiger partial charge on any atom is -0.497 e. The Bertz CT molecular complexity index is 894. The molecule has 0 saturated heterocycles. The lowest BCUT2D eigenvalue weighted by Crippen LogP contribution is -2.11. The standard InChI is InChI=1S/C17H15NO5/c1-18-16(19)15(17(20)23-18)13-8-3-4-9-14(13)22-12-7-5-6-11(10-12)21-2/h3-10,20H,1-2H3. The largest absolute Gasteiger partial charge is 0.497 e. The molecule has 0 aliphatic carbocycles. The first kappa shape index (κ1) is 14.8. The van der Waals surface area contributed by atoms with E-state index in [1.54, 1.807) is 55.6 Å². The highest BCUT2D eigenvalue weighted by atomic mass is 16.6. The molecule has 0 fully saturated rings. The number of hydrogen-bond acceptors (Lipinski definition) is 5. The molecule has 118 valence electrons. The fourth-order valence-corrected chi connectivity index (χ4v) is 2.25. The van der Waals surface area contributed by atoms with Gasteiger partial charge in [-0.2, -0.15) is 4.74 Å². The highest BCUT2D eigenvalue weighted by Gasteiger charge is 2.20. The lowest BCUT2D eigenvalue weighted by Gasteiger charge is -2.10. The van der Waals surface area contributed by atoms with Crippen LogP contribution in [-0.2, 0) is 7.05 Å². The molecule has 0 bridgehead atoms. The minimum atomic E-state index is -0.445. The Morgan fingerprint density at radius 1 is 1.09 bits per heavy atom. The first-order valence-corrected chi connectivity index (χ1v) is 6.90. The zero-order chi connectivity index (χ0) is 16.4. The van der Waals surface area contributed by atoms with Crippen molar-refractivity contribution in [2.45, 2.75) is 0 Å². The highest BCUT2D eigenvalue weighted by Crippen LogP contribution is 2.36. The topological polar surface area (TPSA) is 73.8 Å². The first-order valence-electron chi connectivity index (χ1n) is 6.90. The van der Waals surface area contributed by atoms with Gasteiger partial charge in [-0.1, -0.05) is 24.3 Å². The molecule has 2 aromatic carbocycles. The van der Waals surface area contributed by atoms with Gasteiger partial charge in [-0.15, -0.1) is 0 Å². The third kappa shape index (κ3) is 2.78. The monoisotopic (exact) mass is 313 g/mol. The lowest BCUT2D eigenvalue weighted by molar-refractivity contribution is 0.217. The van der Waals surface area contributed by atoms with Crippen molar-refractivity contribution in [1.82, 2.24) is 4.74 Å². The quantitative estimate of drug-likeness (QED) is 0.801. The second kappa shape index (κ2) is 5.92. The van der Waals surface area contributed by atoms with Gasteiger partial charge in [-0.25, -0.2) is 0 Å². The molecule has 6 nitrogen and oxygen atoms in total. The van der Waals surface area contributed by atoms with Crippen LogP contribution in [0.3, 0.4) is 0 Å². The minimum absolute atomic E-state index is 0.0611. The number of ether oxygens (including phenoxy) is 2. The molecule has 0 saturated carbocycles. The zero-order valence-electron chi connectivity index (χ0n) is 12.6. The molecular weight excluding hydrogens is 298 g/mol. The van der Waals surface area contributed by atoms with Crippen molar-refractivity contribution in [1.29, 1.82) is 0 Å². The van der Waals surface area contributed by atoms with E-state index in [0.717, 1.165) is 4.74 Å². The Hall–Kier alpha value is -3.15. The van der Waals surface area contributed by atoms with Crippen LogP contribution in [-0.4, -0.2) is 17.0 Å². The van der Waals surface area contributed by atoms with Crippen molar-refractivity contribution in [2.75, 3.05) is 7.11 Å². The average molecular weight is 313 g/mol. The van der Waals surface area contributed by atoms with Gasteiger partial charge in [0.15, 0.2) is 0 Å². The van der Waals surface area contributed by atoms with E-state index >= 15 is 0 Å². The predicted octanol–water partition coefficient (Wildman–Crippen LogP) is 3.15. The maximum Gasteiger partial charge on any atom is 0.318 e. The molecule has 0 amide bonds. The number of aromatic hydroxyl groups is 1. The Balaban J connectivity index is 2.06. The summed E-state index contributed by atoms with van der Waals surface area (Å²) in [6, 6.07) is 14.0. The molecule has 23 heavy (non-hydrogen) atoms. The Labute approximate surface area is 132 Å². The normalized spacial score (nSPS) is 10.5. The van der Waals surface area contributed by atoms with Crippen LogP contribution >= 0.6 is 0 Å². The van der Waals surface area contributed by atoms with Crippen LogP contribution in [0.1, 0.15) is 0 Å². The Kier molecular flexibility index (Phi) is 3.80. The predicted molar refractivity (Wildman–Crippen MR) is 84.1 cm³/mol. The molecule has 6 heteroatoms. The van der Waals surface area contributed by atoms with Gasteiger partial charge in [-0.3, -0.25) is 4.79 Å². The summed E-state index contributed by atoms with van der Waals surface area (Å²) in [7, 11) is 3.00. The average Bonchev–Trinajstić information content (AvgIpc) is 2.81. The molecule has 0 unspecified atom stereocenters. The SMILES string of the molecule is COc1cccc(Oc2ccccc2-c2c(O)on(C)c2=O)c1. The summed E-state index contributed by atoms with van der Waals surface area (Å²) in [5.41, 5.74) is 0.0670. The fraction of sp³-hybridized carbons (Fsp3) is 0.118. The summed E-state index contributed by atoms with van der Waals surface area (Å²) < 4.78 is 16.9. The van der Waals surface area contributed by atoms with Crippen molar-refractivity contribution < 1.29 is 19.1 Å². The van der Waals surface area contributed by atoms with Crippen LogP contribution in [0.15, 0.2) is 57.8 Å². The Morgan fingerprint density at radius 3 is 2.52 bits per heavy atom. The summed E-state index contributed by atoms with van der Waals surface area (Å²) in [4.78, 5) is 12.1. The zero-order valence-corrected chi connectivity index (χ0v) is 12.6. The lowest BCUT2D eigenvalue weighted by atomic mass is 10.1. The van der Waals surface area contributed by atoms with Gasteiger partial charge in [-0.05, 0) is 18.2 Å². The molecule has 1 heterocycles. The van der Waals surface area contributed by atoms with Crippen molar-refractivity contribution >= 4 is 0 Å². The smallest absolute Gasteiger partial charge is 0.318 e. The molecule has 0 radical (unpaired) electrons. The molecular formula is C17H15NO5. The van der Waals surface area contributed by atoms with Gasteiger partial charge in [0.05, 0.1) is 7.11 Å². The summed E-state index contributed by atoms with van der Waals surface area (Å²) in [6.45, 7) is 0. The third-order valence-electron chi connectivity index (χ3n) is 3.36. The fourth-order valence-electron chi connectivity index (χ4n) is 2.25. The van der Waals surface area contributed by atoms with E-state index in [9.17, 15) is 9.90 Å². The van der Waals surface area contributed by atoms with E-state index in [0.29, 0.717) is 22.8 Å². The number of benzene rings is 2. The number of hydrogen-bond donors (Lipinski definition) is 1. The van der Waals surface area contributed by atoms with Gasteiger partial charge in [0.25, 0.3) is 5.56 Å². The van der Waals surface area contributed by atoms with Crippen molar-refractivity contribution in [3.63, 3.8) is 0 Å². The number of methoxy groups -OCH3 is 1. The summed E-state index contributed by atoms with van der Waals surface area (Å²) in [6.07, 6.45) is 0. The summed E-state index contributed by atoms with van der Waals surface area (Å²) >= 11 is 0. The van der Waals surface area contributed by atoms with E-state index < -0.39 is 11.5 Å². The third-order valence-corrected chi connectivity index (χ3v) is 3.36. The number of rotatable bonds is 4. The highest BCUT2D eigenvalue weighted by molar-refractivity contribution is 5.73. The van der Waals surface area contributed by atoms with Crippen LogP contribution in [0.5, 0.6) is 23.2 Å². The number of para-hydroxylation sites is 1. The van der Waals surface area contributed by atoms with Crippen molar-refractivity contribution in [3.05, 3.63) is 58.9 Å². The van der Waals surface area contributed by atoms with Crippen LogP contribution < -0.4 is 15.0 Å². The summed E-state index contributed by atoms with van der Waals surface area (Å²) in [5, 5.41) is 9.88. The molecule has 1 aromatic heterocycles. The second-order valence-corrected chi connectivity index (χ2v) is 4.85. The van der Waals surface area contributed by atoms with Crippen LogP contribution in [0.4, 0.5) is 0 Å². The molecule has 0 spiro atoms. The van der Waals surface area contributed by atoms with Gasteiger partial charge in [0, 0.05) is 18.7 Å². The van der Waals surface area contributed by atoms with Crippen LogP contribution in [0, 0.1) is 0 Å². The maximum atomic E-state index is 12.1. The molecule has 3 rings (SSSR count). The van der Waals surface area contributed by atoms with E-state index in [1.807, 2.05) is 0 Å². The number of aromatic nitrogens is 1. The van der Waals surface area contributed by atoms with Crippen molar-refractivity contribution in [3.8, 4) is 34.3 Å². The molecule has 3 aromatic rings. The first-order chi connectivity index (χ1) is 11.1. The molecule has 1 N–H and O–H groups in total. The van der Waals surface area contributed by atoms with E-state index in [1.165, 1.54) is 7.05 Å². The maximum absolute atomic E-state index is 12.1.